The Morgan fingerprint density at radius 2 is 1.84 bits per heavy atom. The third-order valence-corrected chi connectivity index (χ3v) is 11.6. The summed E-state index contributed by atoms with van der Waals surface area (Å²) in [5, 5.41) is 44.7. The van der Waals surface area contributed by atoms with Crippen LogP contribution in [-0.2, 0) is 23.7 Å². The van der Waals surface area contributed by atoms with Gasteiger partial charge in [-0.1, -0.05) is 6.92 Å². The fourth-order valence-electron chi connectivity index (χ4n) is 9.75. The monoisotopic (exact) mass is 536 g/mol. The molecule has 4 saturated carbocycles. The van der Waals surface area contributed by atoms with E-state index in [0.29, 0.717) is 13.0 Å². The number of aliphatic hydroxyl groups is 4. The van der Waals surface area contributed by atoms with Crippen molar-refractivity contribution in [1.29, 1.82) is 0 Å². The number of hydrogen-bond acceptors (Lipinski definition) is 9. The lowest BCUT2D eigenvalue weighted by molar-refractivity contribution is -0.314. The summed E-state index contributed by atoms with van der Waals surface area (Å²) in [6.45, 7) is 4.28. The van der Waals surface area contributed by atoms with Crippen molar-refractivity contribution in [2.45, 2.75) is 114 Å². The molecule has 6 aliphatic rings. The lowest BCUT2D eigenvalue weighted by atomic mass is 9.47. The first-order valence-corrected chi connectivity index (χ1v) is 14.5. The summed E-state index contributed by atoms with van der Waals surface area (Å²) >= 11 is 0. The Morgan fingerprint density at radius 1 is 1.05 bits per heavy atom. The Bertz CT molecular complexity index is 954. The zero-order valence-electron chi connectivity index (χ0n) is 22.7. The van der Waals surface area contributed by atoms with E-state index in [1.54, 1.807) is 13.0 Å². The molecule has 4 N–H and O–H groups in total. The van der Waals surface area contributed by atoms with Crippen LogP contribution in [0.3, 0.4) is 0 Å². The minimum absolute atomic E-state index is 0.112. The number of methoxy groups -OCH3 is 1. The fraction of sp³-hybridized carbons (Fsp3) is 0.897. The average molecular weight is 537 g/mol. The summed E-state index contributed by atoms with van der Waals surface area (Å²) in [5.74, 6) is 0.658. The van der Waals surface area contributed by atoms with Gasteiger partial charge >= 0.3 is 5.97 Å². The Morgan fingerprint density at radius 3 is 2.55 bits per heavy atom. The van der Waals surface area contributed by atoms with Gasteiger partial charge in [-0.25, -0.2) is 4.79 Å². The molecule has 214 valence electrons. The molecular formula is C29H44O9. The molecule has 0 bridgehead atoms. The van der Waals surface area contributed by atoms with E-state index in [1.807, 2.05) is 0 Å². The molecule has 38 heavy (non-hydrogen) atoms. The Hall–Kier alpha value is -1.07. The molecule has 4 aliphatic carbocycles. The van der Waals surface area contributed by atoms with E-state index < -0.39 is 42.4 Å². The number of carbonyl (C=O) groups excluding carboxylic acids is 1. The van der Waals surface area contributed by atoms with Gasteiger partial charge in [0.1, 0.15) is 24.9 Å². The van der Waals surface area contributed by atoms with E-state index in [2.05, 4.69) is 6.92 Å². The number of carbonyl (C=O) groups is 1. The summed E-state index contributed by atoms with van der Waals surface area (Å²) in [5.41, 5.74) is -0.0697. The molecule has 0 amide bonds. The Kier molecular flexibility index (Phi) is 6.98. The number of aliphatic hydroxyl groups excluding tert-OH is 3. The van der Waals surface area contributed by atoms with Crippen LogP contribution in [0, 0.1) is 35.0 Å². The van der Waals surface area contributed by atoms with Crippen LogP contribution in [0.1, 0.15) is 65.2 Å². The minimum atomic E-state index is -1.12. The normalized spacial score (nSPS) is 54.5. The summed E-state index contributed by atoms with van der Waals surface area (Å²) < 4.78 is 22.5. The smallest absolute Gasteiger partial charge is 0.331 e. The molecule has 0 aromatic rings. The van der Waals surface area contributed by atoms with Crippen LogP contribution in [0.2, 0.25) is 0 Å². The number of esters is 1. The molecule has 0 unspecified atom stereocenters. The van der Waals surface area contributed by atoms with E-state index in [1.165, 1.54) is 7.11 Å². The van der Waals surface area contributed by atoms with Crippen molar-refractivity contribution in [3.05, 3.63) is 11.6 Å². The SMILES string of the molecule is CO[C@H]1[C@@H](O)[C@H](O[C@@H]2C[C@H]3CC[C@@H]4[C@H](CC[C@]5(C)[C@@H](C6=CC(=O)OC6)CC[C@]45O)[C@H]3[C@H](O)C2)O[C@@H](C)[C@H]1O. The number of ether oxygens (including phenoxy) is 4. The molecule has 9 heteroatoms. The maximum Gasteiger partial charge on any atom is 0.331 e. The van der Waals surface area contributed by atoms with Crippen LogP contribution in [-0.4, -0.2) is 88.6 Å². The molecule has 1 saturated heterocycles. The number of fused-ring (bicyclic) bond motifs is 5. The van der Waals surface area contributed by atoms with E-state index in [9.17, 15) is 25.2 Å². The van der Waals surface area contributed by atoms with Crippen LogP contribution < -0.4 is 0 Å². The number of rotatable bonds is 4. The molecule has 14 atom stereocenters. The summed E-state index contributed by atoms with van der Waals surface area (Å²) in [6.07, 6.45) is 2.99. The van der Waals surface area contributed by atoms with Crippen LogP contribution >= 0.6 is 0 Å². The molecule has 6 rings (SSSR count). The summed E-state index contributed by atoms with van der Waals surface area (Å²) in [6, 6.07) is 0. The largest absolute Gasteiger partial charge is 0.458 e. The fourth-order valence-corrected chi connectivity index (χ4v) is 9.75. The first kappa shape index (κ1) is 27.1. The molecule has 0 aromatic carbocycles. The highest BCUT2D eigenvalue weighted by molar-refractivity contribution is 5.85. The third-order valence-electron chi connectivity index (χ3n) is 11.6. The van der Waals surface area contributed by atoms with Crippen molar-refractivity contribution in [2.75, 3.05) is 13.7 Å². The maximum atomic E-state index is 12.3. The molecule has 2 heterocycles. The first-order valence-electron chi connectivity index (χ1n) is 14.5. The van der Waals surface area contributed by atoms with Gasteiger partial charge in [-0.2, -0.15) is 0 Å². The van der Waals surface area contributed by atoms with Crippen molar-refractivity contribution < 1.29 is 44.2 Å². The van der Waals surface area contributed by atoms with Crippen LogP contribution in [0.5, 0.6) is 0 Å². The van der Waals surface area contributed by atoms with Gasteiger partial charge in [-0.05, 0) is 93.5 Å². The molecule has 0 spiro atoms. The van der Waals surface area contributed by atoms with Crippen LogP contribution in [0.4, 0.5) is 0 Å². The second kappa shape index (κ2) is 9.79. The predicted molar refractivity (Wildman–Crippen MR) is 135 cm³/mol. The van der Waals surface area contributed by atoms with E-state index >= 15 is 0 Å². The minimum Gasteiger partial charge on any atom is -0.458 e. The summed E-state index contributed by atoms with van der Waals surface area (Å²) in [7, 11) is 1.45. The molecule has 2 aliphatic heterocycles. The topological polar surface area (TPSA) is 135 Å². The van der Waals surface area contributed by atoms with Crippen molar-refractivity contribution in [3.8, 4) is 0 Å². The molecule has 9 nitrogen and oxygen atoms in total. The van der Waals surface area contributed by atoms with Crippen molar-refractivity contribution in [2.24, 2.45) is 35.0 Å². The maximum absolute atomic E-state index is 12.3. The lowest BCUT2D eigenvalue weighted by Crippen LogP contribution is -2.62. The summed E-state index contributed by atoms with van der Waals surface area (Å²) in [4.78, 5) is 11.8. The highest BCUT2D eigenvalue weighted by atomic mass is 16.7. The zero-order chi connectivity index (χ0) is 27.0. The quantitative estimate of drug-likeness (QED) is 0.313. The van der Waals surface area contributed by atoms with Crippen molar-refractivity contribution >= 4 is 5.97 Å². The van der Waals surface area contributed by atoms with Gasteiger partial charge in [-0.15, -0.1) is 0 Å². The van der Waals surface area contributed by atoms with Gasteiger partial charge in [0, 0.05) is 18.6 Å². The van der Waals surface area contributed by atoms with Gasteiger partial charge in [-0.3, -0.25) is 0 Å². The molecule has 5 fully saturated rings. The first-order chi connectivity index (χ1) is 18.1. The van der Waals surface area contributed by atoms with Crippen molar-refractivity contribution in [3.63, 3.8) is 0 Å². The highest BCUT2D eigenvalue weighted by Crippen LogP contribution is 2.67. The van der Waals surface area contributed by atoms with E-state index in [0.717, 1.165) is 50.5 Å². The van der Waals surface area contributed by atoms with Gasteiger partial charge < -0.3 is 39.4 Å². The second-order valence-electron chi connectivity index (χ2n) is 13.2. The molecule has 0 aromatic heterocycles. The average Bonchev–Trinajstić information content (AvgIpc) is 3.42. The second-order valence-corrected chi connectivity index (χ2v) is 13.2. The highest BCUT2D eigenvalue weighted by Gasteiger charge is 2.66. The van der Waals surface area contributed by atoms with Gasteiger partial charge in [0.25, 0.3) is 0 Å². The van der Waals surface area contributed by atoms with Gasteiger partial charge in [0.05, 0.1) is 23.9 Å². The van der Waals surface area contributed by atoms with Gasteiger partial charge in [0.15, 0.2) is 6.29 Å². The zero-order valence-corrected chi connectivity index (χ0v) is 22.7. The van der Waals surface area contributed by atoms with Crippen LogP contribution in [0.15, 0.2) is 11.6 Å². The lowest BCUT2D eigenvalue weighted by Gasteiger charge is -2.60. The Labute approximate surface area is 224 Å². The third kappa shape index (κ3) is 4.03. The Balaban J connectivity index is 1.15. The van der Waals surface area contributed by atoms with Crippen molar-refractivity contribution in [1.82, 2.24) is 0 Å². The standard InChI is InChI=1S/C29H44O9/c1-14-24(32)26(35-3)25(33)27(37-14)38-17-10-15-4-5-20-18(23(15)21(30)12-17)6-8-28(2)19(7-9-29(20,28)34)16-11-22(31)36-13-16/h11,14-15,17-21,23-27,30,32-34H,4-10,12-13H2,1-3H3/t14-,15+,17+,18-,19+,20+,21+,23-,24+,25+,26+,27-,28+,29-/m0/s1. The number of cyclic esters (lactones) is 1. The van der Waals surface area contributed by atoms with Gasteiger partial charge in [0.2, 0.25) is 0 Å². The molecule has 0 radical (unpaired) electrons. The van der Waals surface area contributed by atoms with E-state index in [-0.39, 0.29) is 47.1 Å². The van der Waals surface area contributed by atoms with Crippen LogP contribution in [0.25, 0.3) is 0 Å². The molecular weight excluding hydrogens is 492 g/mol. The predicted octanol–water partition coefficient (Wildman–Crippen LogP) is 1.69. The number of hydrogen-bond donors (Lipinski definition) is 4. The van der Waals surface area contributed by atoms with E-state index in [4.69, 9.17) is 18.9 Å².